The summed E-state index contributed by atoms with van der Waals surface area (Å²) in [6.45, 7) is 3.89. The van der Waals surface area contributed by atoms with Crippen LogP contribution >= 0.6 is 31.9 Å². The molecule has 2 aliphatic carbocycles. The Morgan fingerprint density at radius 2 is 1.30 bits per heavy atom. The number of hydrogen-bond acceptors (Lipinski definition) is 7. The number of alkyl halides is 3. The van der Waals surface area contributed by atoms with Gasteiger partial charge in [0.25, 0.3) is 0 Å². The van der Waals surface area contributed by atoms with E-state index in [1.165, 1.54) is 24.0 Å². The minimum absolute atomic E-state index is 0.0649. The molecule has 0 bridgehead atoms. The summed E-state index contributed by atoms with van der Waals surface area (Å²) in [6.07, 6.45) is 6.94. The van der Waals surface area contributed by atoms with Crippen molar-refractivity contribution in [1.82, 2.24) is 0 Å². The van der Waals surface area contributed by atoms with E-state index in [-0.39, 0.29) is 18.1 Å². The number of fused-ring (bicyclic) bond motifs is 2. The van der Waals surface area contributed by atoms with Crippen molar-refractivity contribution in [1.29, 1.82) is 0 Å². The molecule has 0 heterocycles. The first-order valence-electron chi connectivity index (χ1n) is 12.8. The van der Waals surface area contributed by atoms with Crippen LogP contribution in [0.3, 0.4) is 0 Å². The molecule has 0 saturated carbocycles. The summed E-state index contributed by atoms with van der Waals surface area (Å²) in [5.41, 5.74) is -1.38. The number of rotatable bonds is 6. The molecule has 0 aromatic heterocycles. The first-order chi connectivity index (χ1) is 18.8. The zero-order valence-corrected chi connectivity index (χ0v) is 25.9. The lowest BCUT2D eigenvalue weighted by atomic mass is 9.89. The molecule has 0 amide bonds. The fraction of sp³-hybridized carbons (Fsp3) is 0.481. The quantitative estimate of drug-likeness (QED) is 0.177. The highest BCUT2D eigenvalue weighted by atomic mass is 79.9. The number of ether oxygens (including phenoxy) is 2. The molecular formula is C27H29Br2F3O7S. The summed E-state index contributed by atoms with van der Waals surface area (Å²) in [5.74, 6) is -1.48. The molecule has 0 unspecified atom stereocenters. The lowest BCUT2D eigenvalue weighted by molar-refractivity contribution is -0.0500. The average Bonchev–Trinajstić information content (AvgIpc) is 2.90. The minimum Gasteiger partial charge on any atom is -0.462 e. The molecule has 2 aromatic rings. The van der Waals surface area contributed by atoms with Crippen molar-refractivity contribution in [2.24, 2.45) is 0 Å². The van der Waals surface area contributed by atoms with Crippen molar-refractivity contribution in [2.75, 3.05) is 13.2 Å². The van der Waals surface area contributed by atoms with E-state index in [0.29, 0.717) is 47.0 Å². The number of carbonyl (C=O) groups is 2. The van der Waals surface area contributed by atoms with Gasteiger partial charge in [0.2, 0.25) is 0 Å². The summed E-state index contributed by atoms with van der Waals surface area (Å²) in [4.78, 5) is 23.7. The van der Waals surface area contributed by atoms with Crippen LogP contribution in [0.4, 0.5) is 13.2 Å². The normalized spacial score (nSPS) is 14.7. The van der Waals surface area contributed by atoms with E-state index in [9.17, 15) is 31.2 Å². The second-order valence-corrected chi connectivity index (χ2v) is 12.2. The highest BCUT2D eigenvalue weighted by Crippen LogP contribution is 2.40. The zero-order chi connectivity index (χ0) is 29.7. The van der Waals surface area contributed by atoms with E-state index in [0.717, 1.165) is 29.8 Å². The van der Waals surface area contributed by atoms with E-state index in [1.807, 2.05) is 13.0 Å². The Morgan fingerprint density at radius 1 is 0.800 bits per heavy atom. The Bertz CT molecular complexity index is 1380. The third-order valence-corrected chi connectivity index (χ3v) is 9.26. The lowest BCUT2D eigenvalue weighted by Gasteiger charge is -2.22. The van der Waals surface area contributed by atoms with Gasteiger partial charge in [-0.1, -0.05) is 6.07 Å². The third-order valence-electron chi connectivity index (χ3n) is 6.48. The van der Waals surface area contributed by atoms with Crippen LogP contribution < -0.4 is 4.18 Å². The van der Waals surface area contributed by atoms with Crippen LogP contribution in [-0.2, 0) is 45.3 Å². The number of aryl methyl sites for hydroxylation is 1. The lowest BCUT2D eigenvalue weighted by Crippen LogP contribution is -2.29. The fourth-order valence-electron chi connectivity index (χ4n) is 4.61. The molecule has 2 aromatic carbocycles. The summed E-state index contributed by atoms with van der Waals surface area (Å²) >= 11 is 6.80. The molecule has 0 atom stereocenters. The smallest absolute Gasteiger partial charge is 0.462 e. The highest BCUT2D eigenvalue weighted by molar-refractivity contribution is 9.11. The molecule has 220 valence electrons. The van der Waals surface area contributed by atoms with Crippen molar-refractivity contribution in [3.63, 3.8) is 0 Å². The molecule has 7 nitrogen and oxygen atoms in total. The number of hydrogen-bond donors (Lipinski definition) is 0. The van der Waals surface area contributed by atoms with Crippen LogP contribution in [0.15, 0.2) is 27.1 Å². The van der Waals surface area contributed by atoms with Gasteiger partial charge in [-0.3, -0.25) is 0 Å². The first-order valence-corrected chi connectivity index (χ1v) is 15.8. The van der Waals surface area contributed by atoms with E-state index in [4.69, 9.17) is 9.47 Å². The van der Waals surface area contributed by atoms with Crippen molar-refractivity contribution in [2.45, 2.75) is 70.7 Å². The van der Waals surface area contributed by atoms with Crippen molar-refractivity contribution >= 4 is 53.9 Å². The van der Waals surface area contributed by atoms with Crippen molar-refractivity contribution in [3.8, 4) is 5.75 Å². The fourth-order valence-corrected chi connectivity index (χ4v) is 6.55. The molecule has 0 saturated heterocycles. The Kier molecular flexibility index (Phi) is 11.1. The average molecular weight is 714 g/mol. The van der Waals surface area contributed by atoms with Gasteiger partial charge < -0.3 is 13.7 Å². The van der Waals surface area contributed by atoms with Crippen LogP contribution in [0.2, 0.25) is 0 Å². The topological polar surface area (TPSA) is 96.0 Å². The summed E-state index contributed by atoms with van der Waals surface area (Å²) in [5, 5.41) is 0. The second kappa shape index (κ2) is 13.7. The van der Waals surface area contributed by atoms with E-state index < -0.39 is 27.3 Å². The molecular weight excluding hydrogens is 685 g/mol. The number of halogens is 5. The molecule has 0 spiro atoms. The van der Waals surface area contributed by atoms with Crippen molar-refractivity contribution in [3.05, 3.63) is 60.5 Å². The van der Waals surface area contributed by atoms with E-state index in [2.05, 4.69) is 42.1 Å². The first kappa shape index (κ1) is 32.4. The summed E-state index contributed by atoms with van der Waals surface area (Å²) < 4.78 is 76.0. The monoisotopic (exact) mass is 712 g/mol. The van der Waals surface area contributed by atoms with Crippen LogP contribution in [0.25, 0.3) is 0 Å². The third kappa shape index (κ3) is 7.39. The predicted octanol–water partition coefficient (Wildman–Crippen LogP) is 7.24. The molecule has 2 aliphatic rings. The standard InChI is InChI=1S/C14H14BrF3O5S.C13H15BrO2/c1-2-22-13(19)10-7-11(23-24(20,21)14(16,17)18)8-5-3-4-6-9(8)12(10)15;1-2-16-13(15)11-8-7-9-5-3-4-6-10(9)12(11)14/h7H,2-6H2,1H3;7-8H,2-6H2,1H3. The minimum atomic E-state index is -5.82. The SMILES string of the molecule is CCOC(=O)c1cc(OS(=O)(=O)C(F)(F)F)c2c(c1Br)CCCC2.CCOC(=O)c1ccc2c(c1Br)CCCC2. The molecule has 4 rings (SSSR count). The summed E-state index contributed by atoms with van der Waals surface area (Å²) in [6, 6.07) is 4.91. The number of benzene rings is 2. The summed E-state index contributed by atoms with van der Waals surface area (Å²) in [7, 11) is -5.82. The van der Waals surface area contributed by atoms with Gasteiger partial charge in [0.1, 0.15) is 5.75 Å². The Labute approximate surface area is 248 Å². The maximum absolute atomic E-state index is 12.6. The van der Waals surface area contributed by atoms with Crippen molar-refractivity contribution < 1.29 is 44.8 Å². The van der Waals surface area contributed by atoms with Crippen LogP contribution in [0.5, 0.6) is 5.75 Å². The maximum atomic E-state index is 12.6. The van der Waals surface area contributed by atoms with Crippen LogP contribution in [0.1, 0.15) is 82.5 Å². The molecule has 0 fully saturated rings. The number of esters is 2. The van der Waals surface area contributed by atoms with Gasteiger partial charge in [-0.15, -0.1) is 0 Å². The van der Waals surface area contributed by atoms with Crippen LogP contribution in [-0.4, -0.2) is 39.1 Å². The maximum Gasteiger partial charge on any atom is 0.534 e. The van der Waals surface area contributed by atoms with Gasteiger partial charge in [-0.05, 0) is 126 Å². The molecule has 0 N–H and O–H groups in total. The Hall–Kier alpha value is -2.12. The van der Waals surface area contributed by atoms with Crippen LogP contribution in [0, 0.1) is 0 Å². The molecule has 13 heteroatoms. The van der Waals surface area contributed by atoms with Gasteiger partial charge in [0.15, 0.2) is 0 Å². The second-order valence-electron chi connectivity index (χ2n) is 9.10. The Morgan fingerprint density at radius 3 is 1.88 bits per heavy atom. The van der Waals surface area contributed by atoms with Gasteiger partial charge in [-0.25, -0.2) is 9.59 Å². The molecule has 40 heavy (non-hydrogen) atoms. The van der Waals surface area contributed by atoms with Gasteiger partial charge >= 0.3 is 27.6 Å². The Balaban J connectivity index is 0.000000238. The van der Waals surface area contributed by atoms with Gasteiger partial charge in [0.05, 0.1) is 24.3 Å². The highest BCUT2D eigenvalue weighted by Gasteiger charge is 2.49. The van der Waals surface area contributed by atoms with E-state index >= 15 is 0 Å². The predicted molar refractivity (Wildman–Crippen MR) is 149 cm³/mol. The molecule has 0 aliphatic heterocycles. The number of carbonyl (C=O) groups excluding carboxylic acids is 2. The van der Waals surface area contributed by atoms with Gasteiger partial charge in [0, 0.05) is 14.5 Å². The molecule has 0 radical (unpaired) electrons. The van der Waals surface area contributed by atoms with Gasteiger partial charge in [-0.2, -0.15) is 21.6 Å². The largest absolute Gasteiger partial charge is 0.534 e. The zero-order valence-electron chi connectivity index (χ0n) is 22.0. The van der Waals surface area contributed by atoms with E-state index in [1.54, 1.807) is 6.92 Å².